The maximum absolute atomic E-state index is 12.5. The fraction of sp³-hybridized carbons (Fsp3) is 0.379. The molecule has 2 aromatic carbocycles. The third-order valence-electron chi connectivity index (χ3n) is 7.78. The fourth-order valence-electron chi connectivity index (χ4n) is 5.69. The normalized spacial score (nSPS) is 16.6. The summed E-state index contributed by atoms with van der Waals surface area (Å²) in [7, 11) is 0. The monoisotopic (exact) mass is 563 g/mol. The van der Waals surface area contributed by atoms with Gasteiger partial charge in [-0.3, -0.25) is 4.57 Å². The van der Waals surface area contributed by atoms with Gasteiger partial charge in [0.2, 0.25) is 0 Å². The number of piperidine rings is 1. The van der Waals surface area contributed by atoms with Crippen LogP contribution in [0.15, 0.2) is 54.9 Å². The zero-order chi connectivity index (χ0) is 26.8. The topological polar surface area (TPSA) is 88.0 Å². The van der Waals surface area contributed by atoms with Gasteiger partial charge in [0.1, 0.15) is 12.2 Å². The predicted octanol–water partition coefficient (Wildman–Crippen LogP) is 6.25. The lowest BCUT2D eigenvalue weighted by molar-refractivity contribution is 0.232. The summed E-state index contributed by atoms with van der Waals surface area (Å²) in [6, 6.07) is 15.3. The number of fused-ring (bicyclic) bond motifs is 1. The van der Waals surface area contributed by atoms with Gasteiger partial charge >= 0.3 is 6.03 Å². The molecule has 0 bridgehead atoms. The lowest BCUT2D eigenvalue weighted by Gasteiger charge is -2.33. The smallest absolute Gasteiger partial charge is 0.315 e. The van der Waals surface area contributed by atoms with Gasteiger partial charge in [0.25, 0.3) is 0 Å². The number of urea groups is 1. The molecule has 3 heterocycles. The molecule has 0 atom stereocenters. The number of amides is 2. The molecule has 6 rings (SSSR count). The van der Waals surface area contributed by atoms with Crippen molar-refractivity contribution in [2.24, 2.45) is 5.92 Å². The van der Waals surface area contributed by atoms with E-state index in [1.165, 1.54) is 25.7 Å². The Balaban J connectivity index is 1.24. The summed E-state index contributed by atoms with van der Waals surface area (Å²) >= 11 is 12.8. The lowest BCUT2D eigenvalue weighted by Crippen LogP contribution is -2.48. The SMILES string of the molecule is O=C(NCC1CCCC1)NC1CCN(c2ncnc3c2nc(-c2ccccc2Cl)n3-c2ccc(Cl)cc2)CC1. The summed E-state index contributed by atoms with van der Waals surface area (Å²) in [6.07, 6.45) is 8.25. The molecule has 2 N–H and O–H groups in total. The van der Waals surface area contributed by atoms with Gasteiger partial charge in [-0.05, 0) is 68.0 Å². The van der Waals surface area contributed by atoms with Crippen molar-refractivity contribution >= 4 is 46.2 Å². The largest absolute Gasteiger partial charge is 0.355 e. The lowest BCUT2D eigenvalue weighted by atomic mass is 10.1. The van der Waals surface area contributed by atoms with Crippen molar-refractivity contribution < 1.29 is 4.79 Å². The highest BCUT2D eigenvalue weighted by molar-refractivity contribution is 6.33. The average molecular weight is 565 g/mol. The molecule has 1 saturated carbocycles. The number of rotatable bonds is 6. The molecule has 1 aliphatic carbocycles. The van der Waals surface area contributed by atoms with Gasteiger partial charge in [-0.15, -0.1) is 0 Å². The van der Waals surface area contributed by atoms with Crippen molar-refractivity contribution in [3.8, 4) is 17.1 Å². The van der Waals surface area contributed by atoms with Crippen molar-refractivity contribution in [1.29, 1.82) is 0 Å². The van der Waals surface area contributed by atoms with E-state index in [4.69, 9.17) is 28.2 Å². The third-order valence-corrected chi connectivity index (χ3v) is 8.36. The minimum atomic E-state index is -0.0594. The molecule has 2 amide bonds. The number of halogens is 2. The van der Waals surface area contributed by atoms with Gasteiger partial charge in [-0.2, -0.15) is 0 Å². The minimum absolute atomic E-state index is 0.0594. The van der Waals surface area contributed by atoms with Crippen molar-refractivity contribution in [1.82, 2.24) is 30.2 Å². The number of nitrogens with one attached hydrogen (secondary N) is 2. The van der Waals surface area contributed by atoms with Crippen LogP contribution in [0, 0.1) is 5.92 Å². The van der Waals surface area contributed by atoms with Crippen LogP contribution in [-0.4, -0.2) is 51.2 Å². The molecule has 10 heteroatoms. The summed E-state index contributed by atoms with van der Waals surface area (Å²) in [5, 5.41) is 7.50. The maximum atomic E-state index is 12.5. The second-order valence-corrected chi connectivity index (χ2v) is 11.2. The number of nitrogens with zero attached hydrogens (tertiary/aromatic N) is 5. The van der Waals surface area contributed by atoms with Gasteiger partial charge in [-0.1, -0.05) is 48.2 Å². The summed E-state index contributed by atoms with van der Waals surface area (Å²) < 4.78 is 2.00. The predicted molar refractivity (Wildman–Crippen MR) is 156 cm³/mol. The molecule has 39 heavy (non-hydrogen) atoms. The van der Waals surface area contributed by atoms with Crippen LogP contribution in [0.3, 0.4) is 0 Å². The molecule has 2 aliphatic rings. The summed E-state index contributed by atoms with van der Waals surface area (Å²) in [6.45, 7) is 2.29. The molecular formula is C29H31Cl2N7O. The van der Waals surface area contributed by atoms with Gasteiger partial charge in [0, 0.05) is 41.9 Å². The van der Waals surface area contributed by atoms with Crippen molar-refractivity contribution in [2.75, 3.05) is 24.5 Å². The number of hydrogen-bond acceptors (Lipinski definition) is 5. The van der Waals surface area contributed by atoms with E-state index in [0.717, 1.165) is 49.5 Å². The van der Waals surface area contributed by atoms with Crippen LogP contribution in [0.2, 0.25) is 10.0 Å². The maximum Gasteiger partial charge on any atom is 0.315 e. The second-order valence-electron chi connectivity index (χ2n) is 10.4. The first-order valence-electron chi connectivity index (χ1n) is 13.6. The fourth-order valence-corrected chi connectivity index (χ4v) is 6.04. The summed E-state index contributed by atoms with van der Waals surface area (Å²) in [4.78, 5) is 29.0. The number of carbonyl (C=O) groups excluding carboxylic acids is 1. The van der Waals surface area contributed by atoms with E-state index in [9.17, 15) is 4.79 Å². The van der Waals surface area contributed by atoms with Gasteiger partial charge in [0.15, 0.2) is 17.0 Å². The standard InChI is InChI=1S/C29H31Cl2N7O/c30-20-9-11-22(12-10-20)38-26(23-7-3-4-8-24(23)31)36-25-27(33-18-34-28(25)38)37-15-13-21(14-16-37)35-29(39)32-17-19-5-1-2-6-19/h3-4,7-12,18-19,21H,1-2,5-6,13-17H2,(H2,32,35,39). The minimum Gasteiger partial charge on any atom is -0.355 e. The number of anilines is 1. The van der Waals surface area contributed by atoms with Crippen LogP contribution in [0.5, 0.6) is 0 Å². The molecular weight excluding hydrogens is 533 g/mol. The van der Waals surface area contributed by atoms with Gasteiger partial charge < -0.3 is 15.5 Å². The number of carbonyl (C=O) groups is 1. The van der Waals surface area contributed by atoms with E-state index in [1.807, 2.05) is 53.1 Å². The first kappa shape index (κ1) is 25.9. The van der Waals surface area contributed by atoms with Crippen LogP contribution in [-0.2, 0) is 0 Å². The second kappa shape index (κ2) is 11.4. The zero-order valence-electron chi connectivity index (χ0n) is 21.6. The van der Waals surface area contributed by atoms with Gasteiger partial charge in [0.05, 0.1) is 5.02 Å². The Morgan fingerprint density at radius 3 is 2.44 bits per heavy atom. The van der Waals surface area contributed by atoms with E-state index in [2.05, 4.69) is 25.5 Å². The van der Waals surface area contributed by atoms with E-state index in [1.54, 1.807) is 6.33 Å². The molecule has 0 spiro atoms. The quantitative estimate of drug-likeness (QED) is 0.289. The number of imidazole rings is 1. The molecule has 4 aromatic rings. The Morgan fingerprint density at radius 2 is 1.69 bits per heavy atom. The Kier molecular flexibility index (Phi) is 7.57. The highest BCUT2D eigenvalue weighted by Crippen LogP contribution is 2.35. The van der Waals surface area contributed by atoms with Crippen molar-refractivity contribution in [2.45, 2.75) is 44.6 Å². The Hall–Kier alpha value is -3.36. The van der Waals surface area contributed by atoms with E-state index < -0.39 is 0 Å². The average Bonchev–Trinajstić information content (AvgIpc) is 3.61. The van der Waals surface area contributed by atoms with Crippen LogP contribution < -0.4 is 15.5 Å². The number of benzene rings is 2. The third kappa shape index (κ3) is 5.54. The Labute approximate surface area is 237 Å². The molecule has 0 unspecified atom stereocenters. The number of aromatic nitrogens is 4. The van der Waals surface area contributed by atoms with Crippen LogP contribution >= 0.6 is 23.2 Å². The molecule has 0 radical (unpaired) electrons. The highest BCUT2D eigenvalue weighted by atomic mass is 35.5. The molecule has 2 fully saturated rings. The Bertz CT molecular complexity index is 1460. The van der Waals surface area contributed by atoms with E-state index >= 15 is 0 Å². The molecule has 202 valence electrons. The van der Waals surface area contributed by atoms with E-state index in [0.29, 0.717) is 33.0 Å². The van der Waals surface area contributed by atoms with Gasteiger partial charge in [-0.25, -0.2) is 19.7 Å². The zero-order valence-corrected chi connectivity index (χ0v) is 23.1. The number of hydrogen-bond donors (Lipinski definition) is 2. The highest BCUT2D eigenvalue weighted by Gasteiger charge is 2.26. The summed E-state index contributed by atoms with van der Waals surface area (Å²) in [5.74, 6) is 2.10. The van der Waals surface area contributed by atoms with Crippen molar-refractivity contribution in [3.63, 3.8) is 0 Å². The molecule has 1 saturated heterocycles. The van der Waals surface area contributed by atoms with Crippen molar-refractivity contribution in [3.05, 3.63) is 64.9 Å². The van der Waals surface area contributed by atoms with Crippen LogP contribution in [0.25, 0.3) is 28.2 Å². The summed E-state index contributed by atoms with van der Waals surface area (Å²) in [5.41, 5.74) is 3.10. The van der Waals surface area contributed by atoms with Crippen LogP contribution in [0.4, 0.5) is 10.6 Å². The molecule has 1 aliphatic heterocycles. The first-order chi connectivity index (χ1) is 19.1. The van der Waals surface area contributed by atoms with E-state index in [-0.39, 0.29) is 12.1 Å². The Morgan fingerprint density at radius 1 is 0.949 bits per heavy atom. The van der Waals surface area contributed by atoms with Crippen LogP contribution in [0.1, 0.15) is 38.5 Å². The molecule has 2 aromatic heterocycles. The first-order valence-corrected chi connectivity index (χ1v) is 14.4. The molecule has 8 nitrogen and oxygen atoms in total.